The standard InChI is InChI=1S/C16H18FN3O2/c1-8(2)9-4-5-10-14(19-20(3)15(10)13(9)17)11-6-7-12(21)18-16(11)22/h4-5,8,11H,6-7H2,1-3H3,(H,18,21,22). The molecule has 5 nitrogen and oxygen atoms in total. The first kappa shape index (κ1) is 14.7. The number of aryl methyl sites for hydroxylation is 1. The van der Waals surface area contributed by atoms with Crippen LogP contribution in [0.3, 0.4) is 0 Å². The SMILES string of the molecule is CC(C)c1ccc2c(C3CCC(=O)NC3=O)nn(C)c2c1F. The molecule has 1 unspecified atom stereocenters. The summed E-state index contributed by atoms with van der Waals surface area (Å²) in [5, 5.41) is 7.32. The van der Waals surface area contributed by atoms with Crippen LogP contribution in [0.25, 0.3) is 10.9 Å². The smallest absolute Gasteiger partial charge is 0.235 e. The van der Waals surface area contributed by atoms with Gasteiger partial charge in [-0.2, -0.15) is 5.10 Å². The Morgan fingerprint density at radius 1 is 1.36 bits per heavy atom. The molecule has 22 heavy (non-hydrogen) atoms. The molecule has 1 aromatic heterocycles. The molecule has 1 aromatic carbocycles. The highest BCUT2D eigenvalue weighted by molar-refractivity contribution is 6.02. The molecule has 1 atom stereocenters. The van der Waals surface area contributed by atoms with Crippen LogP contribution in [-0.2, 0) is 16.6 Å². The van der Waals surface area contributed by atoms with Gasteiger partial charge in [-0.05, 0) is 17.9 Å². The molecule has 0 radical (unpaired) electrons. The quantitative estimate of drug-likeness (QED) is 0.866. The van der Waals surface area contributed by atoms with Crippen molar-refractivity contribution in [3.63, 3.8) is 0 Å². The van der Waals surface area contributed by atoms with E-state index in [0.717, 1.165) is 0 Å². The number of amides is 2. The molecule has 2 heterocycles. The topological polar surface area (TPSA) is 64.0 Å². The second-order valence-electron chi connectivity index (χ2n) is 6.03. The minimum absolute atomic E-state index is 0.0679. The Morgan fingerprint density at radius 3 is 2.73 bits per heavy atom. The number of piperidine rings is 1. The molecule has 6 heteroatoms. The minimum atomic E-state index is -0.509. The van der Waals surface area contributed by atoms with Gasteiger partial charge in [0.15, 0.2) is 5.82 Å². The lowest BCUT2D eigenvalue weighted by molar-refractivity contribution is -0.134. The van der Waals surface area contributed by atoms with E-state index in [-0.39, 0.29) is 30.0 Å². The molecule has 2 amide bonds. The van der Waals surface area contributed by atoms with Crippen LogP contribution < -0.4 is 5.32 Å². The summed E-state index contributed by atoms with van der Waals surface area (Å²) >= 11 is 0. The van der Waals surface area contributed by atoms with E-state index in [2.05, 4.69) is 10.4 Å². The molecule has 1 N–H and O–H groups in total. The molecule has 0 aliphatic carbocycles. The Kier molecular flexibility index (Phi) is 3.47. The fourth-order valence-electron chi connectivity index (χ4n) is 3.03. The number of hydrogen-bond donors (Lipinski definition) is 1. The highest BCUT2D eigenvalue weighted by Crippen LogP contribution is 2.33. The van der Waals surface area contributed by atoms with Crippen molar-refractivity contribution in [2.45, 2.75) is 38.5 Å². The van der Waals surface area contributed by atoms with Crippen LogP contribution in [0.15, 0.2) is 12.1 Å². The summed E-state index contributed by atoms with van der Waals surface area (Å²) in [5.74, 6) is -1.36. The number of hydrogen-bond acceptors (Lipinski definition) is 3. The summed E-state index contributed by atoms with van der Waals surface area (Å²) < 4.78 is 16.2. The Bertz CT molecular complexity index is 779. The van der Waals surface area contributed by atoms with Crippen LogP contribution in [0.1, 0.15) is 49.8 Å². The van der Waals surface area contributed by atoms with Crippen molar-refractivity contribution in [3.05, 3.63) is 29.2 Å². The second-order valence-corrected chi connectivity index (χ2v) is 6.03. The van der Waals surface area contributed by atoms with Crippen LogP contribution in [-0.4, -0.2) is 21.6 Å². The van der Waals surface area contributed by atoms with Gasteiger partial charge in [-0.3, -0.25) is 19.6 Å². The lowest BCUT2D eigenvalue weighted by Gasteiger charge is -2.19. The van der Waals surface area contributed by atoms with Gasteiger partial charge in [-0.15, -0.1) is 0 Å². The van der Waals surface area contributed by atoms with E-state index in [1.807, 2.05) is 19.9 Å². The fraction of sp³-hybridized carbons (Fsp3) is 0.438. The molecule has 1 aliphatic rings. The molecule has 2 aromatic rings. The van der Waals surface area contributed by atoms with Gasteiger partial charge >= 0.3 is 0 Å². The van der Waals surface area contributed by atoms with E-state index >= 15 is 0 Å². The van der Waals surface area contributed by atoms with Crippen molar-refractivity contribution in [3.8, 4) is 0 Å². The lowest BCUT2D eigenvalue weighted by atomic mass is 9.92. The van der Waals surface area contributed by atoms with Crippen LogP contribution in [0.5, 0.6) is 0 Å². The average Bonchev–Trinajstić information content (AvgIpc) is 2.76. The summed E-state index contributed by atoms with van der Waals surface area (Å²) in [7, 11) is 1.67. The molecule has 3 rings (SSSR count). The normalized spacial score (nSPS) is 19.0. The maximum atomic E-state index is 14.7. The summed E-state index contributed by atoms with van der Waals surface area (Å²) in [6.07, 6.45) is 0.686. The maximum absolute atomic E-state index is 14.7. The zero-order chi connectivity index (χ0) is 16.0. The van der Waals surface area contributed by atoms with E-state index < -0.39 is 5.92 Å². The number of rotatable bonds is 2. The highest BCUT2D eigenvalue weighted by Gasteiger charge is 2.32. The Balaban J connectivity index is 2.15. The van der Waals surface area contributed by atoms with Gasteiger partial charge in [0.1, 0.15) is 5.52 Å². The van der Waals surface area contributed by atoms with Gasteiger partial charge < -0.3 is 0 Å². The number of carbonyl (C=O) groups is 2. The number of halogens is 1. The third-order valence-electron chi connectivity index (χ3n) is 4.19. The van der Waals surface area contributed by atoms with Gasteiger partial charge in [-0.25, -0.2) is 4.39 Å². The van der Waals surface area contributed by atoms with Gasteiger partial charge in [0, 0.05) is 18.9 Å². The van der Waals surface area contributed by atoms with Gasteiger partial charge in [-0.1, -0.05) is 26.0 Å². The van der Waals surface area contributed by atoms with Crippen LogP contribution in [0.4, 0.5) is 4.39 Å². The molecule has 1 aliphatic heterocycles. The summed E-state index contributed by atoms with van der Waals surface area (Å²) in [6.45, 7) is 3.86. The van der Waals surface area contributed by atoms with Gasteiger partial charge in [0.25, 0.3) is 0 Å². The molecule has 0 saturated carbocycles. The van der Waals surface area contributed by atoms with Gasteiger partial charge in [0.2, 0.25) is 11.8 Å². The number of nitrogens with one attached hydrogen (secondary N) is 1. The zero-order valence-electron chi connectivity index (χ0n) is 12.8. The largest absolute Gasteiger partial charge is 0.296 e. The van der Waals surface area contributed by atoms with Crippen LogP contribution in [0.2, 0.25) is 0 Å². The summed E-state index contributed by atoms with van der Waals surface area (Å²) in [4.78, 5) is 23.3. The summed E-state index contributed by atoms with van der Waals surface area (Å²) in [5.41, 5.74) is 1.58. The van der Waals surface area contributed by atoms with Crippen molar-refractivity contribution in [1.82, 2.24) is 15.1 Å². The van der Waals surface area contributed by atoms with E-state index in [4.69, 9.17) is 0 Å². The second kappa shape index (κ2) is 5.19. The number of nitrogens with zero attached hydrogens (tertiary/aromatic N) is 2. The highest BCUT2D eigenvalue weighted by atomic mass is 19.1. The minimum Gasteiger partial charge on any atom is -0.296 e. The first-order valence-electron chi connectivity index (χ1n) is 7.38. The monoisotopic (exact) mass is 303 g/mol. The third kappa shape index (κ3) is 2.19. The van der Waals surface area contributed by atoms with Crippen molar-refractivity contribution in [1.29, 1.82) is 0 Å². The number of fused-ring (bicyclic) bond motifs is 1. The third-order valence-corrected chi connectivity index (χ3v) is 4.19. The van der Waals surface area contributed by atoms with Crippen LogP contribution >= 0.6 is 0 Å². The Hall–Kier alpha value is -2.24. The number of imide groups is 1. The number of carbonyl (C=O) groups excluding carboxylic acids is 2. The molecule has 1 saturated heterocycles. The zero-order valence-corrected chi connectivity index (χ0v) is 12.8. The first-order chi connectivity index (χ1) is 10.4. The Morgan fingerprint density at radius 2 is 2.09 bits per heavy atom. The predicted octanol–water partition coefficient (Wildman–Crippen LogP) is 2.36. The van der Waals surface area contributed by atoms with Crippen molar-refractivity contribution in [2.24, 2.45) is 7.05 Å². The van der Waals surface area contributed by atoms with E-state index in [1.165, 1.54) is 4.68 Å². The molecule has 1 fully saturated rings. The predicted molar refractivity (Wildman–Crippen MR) is 79.9 cm³/mol. The van der Waals surface area contributed by atoms with Gasteiger partial charge in [0.05, 0.1) is 11.6 Å². The average molecular weight is 303 g/mol. The van der Waals surface area contributed by atoms with Crippen molar-refractivity contribution in [2.75, 3.05) is 0 Å². The van der Waals surface area contributed by atoms with Crippen molar-refractivity contribution < 1.29 is 14.0 Å². The van der Waals surface area contributed by atoms with Crippen LogP contribution in [0, 0.1) is 5.82 Å². The lowest BCUT2D eigenvalue weighted by Crippen LogP contribution is -2.39. The number of aromatic nitrogens is 2. The first-order valence-corrected chi connectivity index (χ1v) is 7.38. The summed E-state index contributed by atoms with van der Waals surface area (Å²) in [6, 6.07) is 3.57. The molecule has 116 valence electrons. The number of benzene rings is 1. The maximum Gasteiger partial charge on any atom is 0.235 e. The van der Waals surface area contributed by atoms with E-state index in [9.17, 15) is 14.0 Å². The Labute approximate surface area is 127 Å². The molecular formula is C16H18FN3O2. The molecule has 0 spiro atoms. The molecule has 0 bridgehead atoms. The van der Waals surface area contributed by atoms with E-state index in [1.54, 1.807) is 13.1 Å². The molecular weight excluding hydrogens is 285 g/mol. The van der Waals surface area contributed by atoms with Crippen molar-refractivity contribution >= 4 is 22.7 Å². The van der Waals surface area contributed by atoms with E-state index in [0.29, 0.717) is 28.6 Å². The fourth-order valence-corrected chi connectivity index (χ4v) is 3.03.